The normalized spacial score (nSPS) is 10.9. The number of nitrogens with one attached hydrogen (secondary N) is 3. The lowest BCUT2D eigenvalue weighted by molar-refractivity contribution is 0.0602. The molecule has 0 atom stereocenters. The van der Waals surface area contributed by atoms with E-state index in [1.807, 2.05) is 30.3 Å². The third kappa shape index (κ3) is 6.21. The van der Waals surface area contributed by atoms with Gasteiger partial charge >= 0.3 is 5.97 Å². The molecule has 1 aromatic heterocycles. The summed E-state index contributed by atoms with van der Waals surface area (Å²) in [6, 6.07) is 23.9. The number of halogens is 1. The average Bonchev–Trinajstić information content (AvgIpc) is 3.29. The molecule has 0 amide bonds. The fourth-order valence-electron chi connectivity index (χ4n) is 3.21. The van der Waals surface area contributed by atoms with E-state index in [4.69, 9.17) is 28.6 Å². The van der Waals surface area contributed by atoms with Crippen molar-refractivity contribution in [1.29, 1.82) is 0 Å². The van der Waals surface area contributed by atoms with Gasteiger partial charge in [-0.3, -0.25) is 4.72 Å². The molecule has 0 aliphatic carbocycles. The van der Waals surface area contributed by atoms with Crippen molar-refractivity contribution >= 4 is 72.6 Å². The van der Waals surface area contributed by atoms with Gasteiger partial charge in [0.25, 0.3) is 10.0 Å². The van der Waals surface area contributed by atoms with Crippen molar-refractivity contribution in [3.63, 3.8) is 0 Å². The Morgan fingerprint density at radius 1 is 0.917 bits per heavy atom. The number of hydrogen-bond donors (Lipinski definition) is 3. The van der Waals surface area contributed by atoms with Crippen LogP contribution in [0.3, 0.4) is 0 Å². The number of esters is 1. The van der Waals surface area contributed by atoms with Crippen LogP contribution in [0.5, 0.6) is 0 Å². The van der Waals surface area contributed by atoms with E-state index in [1.54, 1.807) is 42.5 Å². The quantitative estimate of drug-likeness (QED) is 0.177. The van der Waals surface area contributed by atoms with Crippen molar-refractivity contribution in [2.24, 2.45) is 0 Å². The molecule has 0 spiro atoms. The van der Waals surface area contributed by atoms with Gasteiger partial charge < -0.3 is 15.4 Å². The number of benzene rings is 3. The summed E-state index contributed by atoms with van der Waals surface area (Å²) in [6.45, 7) is 0. The maximum absolute atomic E-state index is 12.7. The van der Waals surface area contributed by atoms with E-state index < -0.39 is 16.0 Å². The number of carbonyl (C=O) groups is 1. The smallest absolute Gasteiger partial charge is 0.340 e. The summed E-state index contributed by atoms with van der Waals surface area (Å²) >= 11 is 12.6. The third-order valence-electron chi connectivity index (χ3n) is 4.94. The highest BCUT2D eigenvalue weighted by atomic mass is 35.5. The molecule has 3 N–H and O–H groups in total. The van der Waals surface area contributed by atoms with Crippen molar-refractivity contribution in [3.05, 3.63) is 95.5 Å². The summed E-state index contributed by atoms with van der Waals surface area (Å²) in [5, 5.41) is 7.32. The van der Waals surface area contributed by atoms with E-state index in [0.717, 1.165) is 10.4 Å². The van der Waals surface area contributed by atoms with Gasteiger partial charge in [-0.15, -0.1) is 11.3 Å². The van der Waals surface area contributed by atoms with E-state index in [9.17, 15) is 13.2 Å². The molecule has 3 aromatic carbocycles. The summed E-state index contributed by atoms with van der Waals surface area (Å²) in [5.41, 5.74) is 2.29. The predicted octanol–water partition coefficient (Wildman–Crippen LogP) is 6.46. The standard InChI is InChI=1S/C25H20ClN3O4S3/c1-33-24(30)21-15-22(16-5-3-2-4-6-16)35-23(21)28-25(34)27-18-11-13-20(14-12-18)36(31,32)29-19-9-7-17(26)8-10-19/h2-15,29H,1H3,(H2,27,28,34). The SMILES string of the molecule is COC(=O)c1cc(-c2ccccc2)sc1NC(=S)Nc1ccc(S(=O)(=O)Nc2ccc(Cl)cc2)cc1. The second-order valence-corrected chi connectivity index (χ2v) is 11.0. The van der Waals surface area contributed by atoms with Crippen LogP contribution in [0, 0.1) is 0 Å². The first kappa shape index (κ1) is 25.6. The Morgan fingerprint density at radius 2 is 1.56 bits per heavy atom. The molecule has 36 heavy (non-hydrogen) atoms. The molecule has 11 heteroatoms. The van der Waals surface area contributed by atoms with Crippen LogP contribution in [-0.4, -0.2) is 26.6 Å². The number of thiophene rings is 1. The molecule has 0 saturated heterocycles. The highest BCUT2D eigenvalue weighted by Gasteiger charge is 2.19. The van der Waals surface area contributed by atoms with Crippen LogP contribution in [0.2, 0.25) is 5.02 Å². The molecule has 4 rings (SSSR count). The Bertz CT molecular complexity index is 1490. The molecule has 0 aliphatic heterocycles. The summed E-state index contributed by atoms with van der Waals surface area (Å²) < 4.78 is 32.7. The summed E-state index contributed by atoms with van der Waals surface area (Å²) in [4.78, 5) is 13.3. The summed E-state index contributed by atoms with van der Waals surface area (Å²) in [6.07, 6.45) is 0. The first-order valence-electron chi connectivity index (χ1n) is 10.5. The molecule has 1 heterocycles. The lowest BCUT2D eigenvalue weighted by atomic mass is 10.1. The predicted molar refractivity (Wildman–Crippen MR) is 150 cm³/mol. The zero-order chi connectivity index (χ0) is 25.7. The van der Waals surface area contributed by atoms with Crippen molar-refractivity contribution in [2.75, 3.05) is 22.5 Å². The first-order valence-corrected chi connectivity index (χ1v) is 13.6. The number of hydrogen-bond acceptors (Lipinski definition) is 6. The zero-order valence-electron chi connectivity index (χ0n) is 18.8. The maximum Gasteiger partial charge on any atom is 0.340 e. The molecule has 0 fully saturated rings. The van der Waals surface area contributed by atoms with Crippen LogP contribution in [-0.2, 0) is 14.8 Å². The third-order valence-corrected chi connectivity index (χ3v) is 7.89. The number of methoxy groups -OCH3 is 1. The van der Waals surface area contributed by atoms with E-state index in [-0.39, 0.29) is 10.0 Å². The highest BCUT2D eigenvalue weighted by molar-refractivity contribution is 7.92. The van der Waals surface area contributed by atoms with Gasteiger partial charge in [0.15, 0.2) is 5.11 Å². The van der Waals surface area contributed by atoms with Crippen molar-refractivity contribution in [1.82, 2.24) is 0 Å². The number of ether oxygens (including phenoxy) is 1. The second kappa shape index (κ2) is 11.1. The van der Waals surface area contributed by atoms with Gasteiger partial charge in [-0.25, -0.2) is 13.2 Å². The van der Waals surface area contributed by atoms with Gasteiger partial charge in [-0.2, -0.15) is 0 Å². The highest BCUT2D eigenvalue weighted by Crippen LogP contribution is 2.36. The Morgan fingerprint density at radius 3 is 2.19 bits per heavy atom. The molecular formula is C25H20ClN3O4S3. The maximum atomic E-state index is 12.7. The molecule has 0 radical (unpaired) electrons. The van der Waals surface area contributed by atoms with Crippen LogP contribution >= 0.6 is 35.2 Å². The number of rotatable bonds is 7. The van der Waals surface area contributed by atoms with Gasteiger partial charge in [0.2, 0.25) is 0 Å². The van der Waals surface area contributed by atoms with Gasteiger partial charge in [-0.1, -0.05) is 41.9 Å². The Kier molecular flexibility index (Phi) is 7.90. The van der Waals surface area contributed by atoms with Crippen LogP contribution in [0.25, 0.3) is 10.4 Å². The average molecular weight is 558 g/mol. The molecule has 7 nitrogen and oxygen atoms in total. The van der Waals surface area contributed by atoms with E-state index in [1.165, 1.54) is 30.6 Å². The van der Waals surface area contributed by atoms with Gasteiger partial charge in [0.1, 0.15) is 5.00 Å². The molecule has 0 aliphatic rings. The van der Waals surface area contributed by atoms with E-state index in [0.29, 0.717) is 27.0 Å². The molecule has 0 bridgehead atoms. The molecular weight excluding hydrogens is 538 g/mol. The monoisotopic (exact) mass is 557 g/mol. The Hall–Kier alpha value is -3.44. The van der Waals surface area contributed by atoms with Crippen molar-refractivity contribution < 1.29 is 17.9 Å². The van der Waals surface area contributed by atoms with Gasteiger partial charge in [-0.05, 0) is 72.4 Å². The van der Waals surface area contributed by atoms with Gasteiger partial charge in [0.05, 0.1) is 17.6 Å². The fraction of sp³-hybridized carbons (Fsp3) is 0.0400. The molecule has 0 saturated carbocycles. The zero-order valence-corrected chi connectivity index (χ0v) is 22.0. The van der Waals surface area contributed by atoms with Crippen LogP contribution in [0.1, 0.15) is 10.4 Å². The Balaban J connectivity index is 1.46. The first-order chi connectivity index (χ1) is 17.2. The minimum Gasteiger partial charge on any atom is -0.465 e. The van der Waals surface area contributed by atoms with Crippen LogP contribution in [0.15, 0.2) is 89.8 Å². The van der Waals surface area contributed by atoms with Gasteiger partial charge in [0, 0.05) is 21.3 Å². The number of anilines is 3. The largest absolute Gasteiger partial charge is 0.465 e. The summed E-state index contributed by atoms with van der Waals surface area (Å²) in [5.74, 6) is -0.485. The number of thiocarbonyl (C=S) groups is 1. The minimum atomic E-state index is -3.78. The second-order valence-electron chi connectivity index (χ2n) is 7.43. The number of sulfonamides is 1. The number of carbonyl (C=O) groups excluding carboxylic acids is 1. The van der Waals surface area contributed by atoms with Crippen molar-refractivity contribution in [2.45, 2.75) is 4.90 Å². The van der Waals surface area contributed by atoms with Crippen LogP contribution < -0.4 is 15.4 Å². The molecule has 184 valence electrons. The topological polar surface area (TPSA) is 96.5 Å². The lowest BCUT2D eigenvalue weighted by Crippen LogP contribution is -2.20. The van der Waals surface area contributed by atoms with E-state index >= 15 is 0 Å². The fourth-order valence-corrected chi connectivity index (χ4v) is 5.73. The lowest BCUT2D eigenvalue weighted by Gasteiger charge is -2.12. The van der Waals surface area contributed by atoms with Crippen molar-refractivity contribution in [3.8, 4) is 10.4 Å². The van der Waals surface area contributed by atoms with E-state index in [2.05, 4.69) is 15.4 Å². The minimum absolute atomic E-state index is 0.0839. The Labute approximate surface area is 223 Å². The molecule has 4 aromatic rings. The molecule has 0 unspecified atom stereocenters. The van der Waals surface area contributed by atoms with Crippen LogP contribution in [0.4, 0.5) is 16.4 Å². The summed E-state index contributed by atoms with van der Waals surface area (Å²) in [7, 11) is -2.46.